The van der Waals surface area contributed by atoms with Crippen molar-refractivity contribution in [1.29, 1.82) is 0 Å². The van der Waals surface area contributed by atoms with E-state index in [0.717, 1.165) is 18.3 Å². The number of hydrogen-bond donors (Lipinski definition) is 0. The quantitative estimate of drug-likeness (QED) is 0.776. The van der Waals surface area contributed by atoms with Gasteiger partial charge in [-0.1, -0.05) is 6.92 Å². The summed E-state index contributed by atoms with van der Waals surface area (Å²) in [7, 11) is 0. The summed E-state index contributed by atoms with van der Waals surface area (Å²) in [5.41, 5.74) is 0. The zero-order valence-corrected chi connectivity index (χ0v) is 12.7. The van der Waals surface area contributed by atoms with Crippen molar-refractivity contribution in [2.75, 3.05) is 19.7 Å². The van der Waals surface area contributed by atoms with Crippen LogP contribution in [0, 0.1) is 9.49 Å². The number of nitrogens with zero attached hydrogens (tertiary/aromatic N) is 1. The van der Waals surface area contributed by atoms with Crippen LogP contribution < -0.4 is 4.74 Å². The Labute approximate surface area is 117 Å². The van der Waals surface area contributed by atoms with Gasteiger partial charge in [-0.05, 0) is 72.7 Å². The zero-order valence-electron chi connectivity index (χ0n) is 10.5. The molecule has 0 amide bonds. The fraction of sp³-hybridized carbons (Fsp3) is 0.571. The van der Waals surface area contributed by atoms with E-state index < -0.39 is 0 Å². The summed E-state index contributed by atoms with van der Waals surface area (Å²) in [6.07, 6.45) is 1.33. The minimum atomic E-state index is 0.513. The van der Waals surface area contributed by atoms with Gasteiger partial charge in [0.25, 0.3) is 0 Å². The summed E-state index contributed by atoms with van der Waals surface area (Å²) >= 11 is 2.31. The molecule has 1 unspecified atom stereocenters. The molecule has 0 aromatic heterocycles. The maximum atomic E-state index is 5.83. The first-order valence-electron chi connectivity index (χ1n) is 6.27. The van der Waals surface area contributed by atoms with Crippen molar-refractivity contribution in [2.45, 2.75) is 26.3 Å². The van der Waals surface area contributed by atoms with Crippen molar-refractivity contribution in [1.82, 2.24) is 4.90 Å². The van der Waals surface area contributed by atoms with Gasteiger partial charge < -0.3 is 4.74 Å². The number of hydrogen-bond acceptors (Lipinski definition) is 2. The monoisotopic (exact) mass is 345 g/mol. The van der Waals surface area contributed by atoms with E-state index in [1.807, 2.05) is 12.1 Å². The first-order chi connectivity index (χ1) is 8.15. The number of likely N-dealkylation sites (tertiary alicyclic amines) is 1. The standard InChI is InChI=1S/C14H20INO/c1-11-7-8-16(9-11)12(2)10-17-14-5-3-13(15)4-6-14/h3-6,11-12H,7-10H2,1-2H3/t11?,12-/m0/s1. The predicted molar refractivity (Wildman–Crippen MR) is 79.5 cm³/mol. The van der Waals surface area contributed by atoms with Crippen LogP contribution in [0.15, 0.2) is 24.3 Å². The zero-order chi connectivity index (χ0) is 12.3. The van der Waals surface area contributed by atoms with Gasteiger partial charge in [0.1, 0.15) is 12.4 Å². The third kappa shape index (κ3) is 3.85. The summed E-state index contributed by atoms with van der Waals surface area (Å²) in [6, 6.07) is 8.76. The summed E-state index contributed by atoms with van der Waals surface area (Å²) in [5.74, 6) is 1.82. The highest BCUT2D eigenvalue weighted by Gasteiger charge is 2.23. The molecule has 17 heavy (non-hydrogen) atoms. The van der Waals surface area contributed by atoms with Crippen LogP contribution >= 0.6 is 22.6 Å². The molecule has 0 radical (unpaired) electrons. The van der Waals surface area contributed by atoms with Gasteiger partial charge in [-0.25, -0.2) is 0 Å². The second-order valence-electron chi connectivity index (χ2n) is 5.00. The van der Waals surface area contributed by atoms with Gasteiger partial charge in [0.15, 0.2) is 0 Å². The van der Waals surface area contributed by atoms with Crippen LogP contribution in [0.1, 0.15) is 20.3 Å². The highest BCUT2D eigenvalue weighted by Crippen LogP contribution is 2.19. The summed E-state index contributed by atoms with van der Waals surface area (Å²) in [4.78, 5) is 2.53. The molecule has 1 aliphatic rings. The number of rotatable bonds is 4. The molecule has 3 heteroatoms. The lowest BCUT2D eigenvalue weighted by Gasteiger charge is -2.24. The highest BCUT2D eigenvalue weighted by atomic mass is 127. The van der Waals surface area contributed by atoms with Crippen molar-refractivity contribution in [3.63, 3.8) is 0 Å². The van der Waals surface area contributed by atoms with Crippen molar-refractivity contribution >= 4 is 22.6 Å². The summed E-state index contributed by atoms with van der Waals surface area (Å²) < 4.78 is 7.07. The third-order valence-corrected chi connectivity index (χ3v) is 4.10. The van der Waals surface area contributed by atoms with E-state index in [4.69, 9.17) is 4.74 Å². The van der Waals surface area contributed by atoms with Crippen LogP contribution in [0.2, 0.25) is 0 Å². The van der Waals surface area contributed by atoms with E-state index in [1.54, 1.807) is 0 Å². The lowest BCUT2D eigenvalue weighted by Crippen LogP contribution is -2.35. The Bertz CT molecular complexity index is 352. The highest BCUT2D eigenvalue weighted by molar-refractivity contribution is 14.1. The molecule has 0 saturated carbocycles. The van der Waals surface area contributed by atoms with Gasteiger partial charge in [-0.2, -0.15) is 0 Å². The van der Waals surface area contributed by atoms with E-state index in [9.17, 15) is 0 Å². The van der Waals surface area contributed by atoms with Gasteiger partial charge in [0, 0.05) is 16.2 Å². The normalized spacial score (nSPS) is 22.6. The first-order valence-corrected chi connectivity index (χ1v) is 7.35. The SMILES string of the molecule is CC1CCN([C@@H](C)COc2ccc(I)cc2)C1. The number of benzene rings is 1. The Balaban J connectivity index is 1.79. The van der Waals surface area contributed by atoms with E-state index >= 15 is 0 Å². The Hall–Kier alpha value is -0.290. The molecule has 2 rings (SSSR count). The van der Waals surface area contributed by atoms with Crippen LogP contribution in [0.3, 0.4) is 0 Å². The Kier molecular flexibility index (Phi) is 4.68. The average molecular weight is 345 g/mol. The molecule has 0 bridgehead atoms. The molecule has 0 aliphatic carbocycles. The van der Waals surface area contributed by atoms with Gasteiger partial charge >= 0.3 is 0 Å². The van der Waals surface area contributed by atoms with Gasteiger partial charge in [-0.3, -0.25) is 4.90 Å². The molecule has 1 aromatic rings. The molecule has 1 heterocycles. The lowest BCUT2D eigenvalue weighted by molar-refractivity contribution is 0.169. The minimum absolute atomic E-state index is 0.513. The van der Waals surface area contributed by atoms with Crippen molar-refractivity contribution < 1.29 is 4.74 Å². The molecule has 2 atom stereocenters. The van der Waals surface area contributed by atoms with E-state index in [0.29, 0.717) is 6.04 Å². The van der Waals surface area contributed by atoms with E-state index in [-0.39, 0.29) is 0 Å². The lowest BCUT2D eigenvalue weighted by atomic mass is 10.2. The smallest absolute Gasteiger partial charge is 0.119 e. The number of ether oxygens (including phenoxy) is 1. The summed E-state index contributed by atoms with van der Waals surface area (Å²) in [6.45, 7) is 7.81. The average Bonchev–Trinajstić information content (AvgIpc) is 2.75. The predicted octanol–water partition coefficient (Wildman–Crippen LogP) is 3.40. The molecule has 94 valence electrons. The van der Waals surface area contributed by atoms with Crippen molar-refractivity contribution in [3.8, 4) is 5.75 Å². The largest absolute Gasteiger partial charge is 0.492 e. The van der Waals surface area contributed by atoms with Crippen LogP contribution in [0.5, 0.6) is 5.75 Å². The first kappa shape index (κ1) is 13.1. The molecule has 0 N–H and O–H groups in total. The molecule has 0 spiro atoms. The maximum absolute atomic E-state index is 5.83. The molecule has 1 saturated heterocycles. The fourth-order valence-electron chi connectivity index (χ4n) is 2.22. The molecule has 1 aromatic carbocycles. The molecular weight excluding hydrogens is 325 g/mol. The number of halogens is 1. The topological polar surface area (TPSA) is 12.5 Å². The third-order valence-electron chi connectivity index (χ3n) is 3.38. The van der Waals surface area contributed by atoms with E-state index in [1.165, 1.54) is 23.1 Å². The van der Waals surface area contributed by atoms with Crippen molar-refractivity contribution in [3.05, 3.63) is 27.8 Å². The Morgan fingerprint density at radius 2 is 2.12 bits per heavy atom. The van der Waals surface area contributed by atoms with Gasteiger partial charge in [0.2, 0.25) is 0 Å². The van der Waals surface area contributed by atoms with Crippen LogP contribution in [-0.2, 0) is 0 Å². The Morgan fingerprint density at radius 3 is 2.71 bits per heavy atom. The van der Waals surface area contributed by atoms with Crippen molar-refractivity contribution in [2.24, 2.45) is 5.92 Å². The Morgan fingerprint density at radius 1 is 1.41 bits per heavy atom. The molecular formula is C14H20INO. The molecule has 1 aliphatic heterocycles. The van der Waals surface area contributed by atoms with E-state index in [2.05, 4.69) is 53.5 Å². The second-order valence-corrected chi connectivity index (χ2v) is 6.25. The molecule has 1 fully saturated rings. The minimum Gasteiger partial charge on any atom is -0.492 e. The van der Waals surface area contributed by atoms with Crippen LogP contribution in [0.4, 0.5) is 0 Å². The maximum Gasteiger partial charge on any atom is 0.119 e. The van der Waals surface area contributed by atoms with Crippen LogP contribution in [-0.4, -0.2) is 30.6 Å². The van der Waals surface area contributed by atoms with Gasteiger partial charge in [0.05, 0.1) is 0 Å². The molecule has 2 nitrogen and oxygen atoms in total. The second kappa shape index (κ2) is 6.05. The van der Waals surface area contributed by atoms with Gasteiger partial charge in [-0.15, -0.1) is 0 Å². The fourth-order valence-corrected chi connectivity index (χ4v) is 2.58. The van der Waals surface area contributed by atoms with Crippen LogP contribution in [0.25, 0.3) is 0 Å². The summed E-state index contributed by atoms with van der Waals surface area (Å²) in [5, 5.41) is 0.